The summed E-state index contributed by atoms with van der Waals surface area (Å²) in [6.07, 6.45) is 1.76. The molecule has 10 nitrogen and oxygen atoms in total. The number of hydrogen-bond acceptors (Lipinski definition) is 8. The minimum absolute atomic E-state index is 0. The molecule has 199 valence electrons. The molecule has 2 amide bonds. The Morgan fingerprint density at radius 2 is 1.11 bits per heavy atom. The Morgan fingerprint density at radius 1 is 0.757 bits per heavy atom. The third kappa shape index (κ3) is 12.3. The summed E-state index contributed by atoms with van der Waals surface area (Å²) in [5, 5.41) is 25.3. The van der Waals surface area contributed by atoms with Gasteiger partial charge in [-0.3, -0.25) is 20.6 Å². The van der Waals surface area contributed by atoms with Crippen molar-refractivity contribution in [2.45, 2.75) is 52.7 Å². The molecule has 2 rings (SSSR count). The zero-order valence-electron chi connectivity index (χ0n) is 21.8. The molecule has 0 aliphatic heterocycles. The van der Waals surface area contributed by atoms with E-state index >= 15 is 0 Å². The van der Waals surface area contributed by atoms with Crippen molar-refractivity contribution in [2.75, 3.05) is 23.7 Å². The molecule has 0 aromatic heterocycles. The Labute approximate surface area is 227 Å². The number of anilines is 2. The van der Waals surface area contributed by atoms with Crippen LogP contribution >= 0.6 is 0 Å². The van der Waals surface area contributed by atoms with Gasteiger partial charge in [0.25, 0.3) is 0 Å². The number of phenolic OH excluding ortho intramolecular Hbond substituents is 2. The van der Waals surface area contributed by atoms with E-state index in [0.717, 1.165) is 0 Å². The first-order valence-corrected chi connectivity index (χ1v) is 11.4. The van der Waals surface area contributed by atoms with Crippen LogP contribution in [0.15, 0.2) is 46.4 Å². The van der Waals surface area contributed by atoms with Crippen molar-refractivity contribution in [1.29, 1.82) is 0 Å². The zero-order valence-corrected chi connectivity index (χ0v) is 22.9. The van der Waals surface area contributed by atoms with E-state index in [1.807, 2.05) is 0 Å². The molecule has 0 aliphatic rings. The fourth-order valence-corrected chi connectivity index (χ4v) is 2.76. The number of amides is 2. The molecule has 0 saturated heterocycles. The Kier molecular flexibility index (Phi) is 11.6. The van der Waals surface area contributed by atoms with Crippen LogP contribution in [0.3, 0.4) is 0 Å². The van der Waals surface area contributed by atoms with Crippen LogP contribution in [0.5, 0.6) is 11.5 Å². The summed E-state index contributed by atoms with van der Waals surface area (Å²) in [5.41, 5.74) is 0.503. The molecule has 0 unspecified atom stereocenters. The SMILES string of the molecule is CC(C)(C)OC(=O)Nc1ccc(O)c(C=NCCN=Cc2cc(NC(=O)OC(C)(C)C)ccc2O)c1.[Fe+3]. The molecule has 0 fully saturated rings. The molecule has 11 heteroatoms. The van der Waals surface area contributed by atoms with Gasteiger partial charge in [-0.05, 0) is 77.9 Å². The molecule has 2 aromatic carbocycles. The van der Waals surface area contributed by atoms with Crippen molar-refractivity contribution >= 4 is 36.0 Å². The van der Waals surface area contributed by atoms with Gasteiger partial charge >= 0.3 is 29.3 Å². The number of nitrogens with zero attached hydrogens (tertiary/aromatic N) is 2. The first kappa shape index (κ1) is 31.5. The average molecular weight is 554 g/mol. The normalized spacial score (nSPS) is 11.7. The maximum absolute atomic E-state index is 11.9. The number of hydrogen-bond donors (Lipinski definition) is 4. The van der Waals surface area contributed by atoms with Crippen molar-refractivity contribution in [2.24, 2.45) is 9.98 Å². The maximum atomic E-state index is 11.9. The summed E-state index contributed by atoms with van der Waals surface area (Å²) < 4.78 is 10.4. The first-order valence-electron chi connectivity index (χ1n) is 11.4. The van der Waals surface area contributed by atoms with E-state index in [2.05, 4.69) is 20.6 Å². The van der Waals surface area contributed by atoms with Crippen LogP contribution in [0.2, 0.25) is 0 Å². The smallest absolute Gasteiger partial charge is 0.507 e. The molecule has 0 spiro atoms. The van der Waals surface area contributed by atoms with Crippen LogP contribution in [-0.4, -0.2) is 59.1 Å². The topological polar surface area (TPSA) is 142 Å². The van der Waals surface area contributed by atoms with E-state index in [1.165, 1.54) is 24.6 Å². The molecule has 0 atom stereocenters. The number of phenols is 2. The second-order valence-corrected chi connectivity index (χ2v) is 9.87. The fraction of sp³-hybridized carbons (Fsp3) is 0.385. The van der Waals surface area contributed by atoms with E-state index in [9.17, 15) is 19.8 Å². The quantitative estimate of drug-likeness (QED) is 0.158. The van der Waals surface area contributed by atoms with E-state index in [1.54, 1.807) is 65.8 Å². The van der Waals surface area contributed by atoms with E-state index in [0.29, 0.717) is 35.6 Å². The van der Waals surface area contributed by atoms with Gasteiger partial charge in [0.15, 0.2) is 0 Å². The molecule has 1 radical (unpaired) electrons. The number of rotatable bonds is 7. The molecule has 0 heterocycles. The summed E-state index contributed by atoms with van der Waals surface area (Å²) in [5.74, 6) is 0.0208. The van der Waals surface area contributed by atoms with Gasteiger partial charge < -0.3 is 19.7 Å². The molecule has 37 heavy (non-hydrogen) atoms. The van der Waals surface area contributed by atoms with Crippen molar-refractivity contribution in [3.8, 4) is 11.5 Å². The molecule has 0 aliphatic carbocycles. The Hall–Kier alpha value is -3.56. The molecule has 0 saturated carbocycles. The van der Waals surface area contributed by atoms with Gasteiger partial charge in [-0.25, -0.2) is 9.59 Å². The first-order chi connectivity index (χ1) is 16.7. The minimum atomic E-state index is -0.626. The van der Waals surface area contributed by atoms with Crippen LogP contribution in [0.1, 0.15) is 52.7 Å². The van der Waals surface area contributed by atoms with Gasteiger partial charge in [-0.15, -0.1) is 0 Å². The monoisotopic (exact) mass is 554 g/mol. The van der Waals surface area contributed by atoms with Crippen molar-refractivity contribution < 1.29 is 46.3 Å². The van der Waals surface area contributed by atoms with E-state index < -0.39 is 23.4 Å². The third-order valence-corrected chi connectivity index (χ3v) is 4.16. The van der Waals surface area contributed by atoms with Crippen LogP contribution in [0.25, 0.3) is 0 Å². The largest absolute Gasteiger partial charge is 3.00 e. The molecule has 0 bridgehead atoms. The fourth-order valence-electron chi connectivity index (χ4n) is 2.76. The van der Waals surface area contributed by atoms with Gasteiger partial charge in [0.05, 0.1) is 13.1 Å². The number of nitrogens with one attached hydrogen (secondary N) is 2. The predicted octanol–water partition coefficient (Wildman–Crippen LogP) is 5.33. The van der Waals surface area contributed by atoms with Crippen molar-refractivity contribution in [3.63, 3.8) is 0 Å². The van der Waals surface area contributed by atoms with Crippen molar-refractivity contribution in [3.05, 3.63) is 47.5 Å². The number of ether oxygens (including phenoxy) is 2. The van der Waals surface area contributed by atoms with Crippen LogP contribution in [0, 0.1) is 0 Å². The Balaban J connectivity index is 0.00000684. The average Bonchev–Trinajstić information content (AvgIpc) is 2.72. The van der Waals surface area contributed by atoms with Crippen molar-refractivity contribution in [1.82, 2.24) is 0 Å². The van der Waals surface area contributed by atoms with Gasteiger partial charge in [0, 0.05) is 34.9 Å². The molecular formula is C26H34FeN4O6+3. The maximum Gasteiger partial charge on any atom is 3.00 e. The van der Waals surface area contributed by atoms with Crippen LogP contribution in [0.4, 0.5) is 21.0 Å². The van der Waals surface area contributed by atoms with Crippen LogP contribution in [-0.2, 0) is 26.5 Å². The number of benzene rings is 2. The van der Waals surface area contributed by atoms with E-state index in [4.69, 9.17) is 9.47 Å². The number of aromatic hydroxyl groups is 2. The second-order valence-electron chi connectivity index (χ2n) is 9.87. The number of aliphatic imine (C=N–C) groups is 2. The van der Waals surface area contributed by atoms with Gasteiger partial charge in [0.1, 0.15) is 22.7 Å². The standard InChI is InChI=1S/C26H34N4O6.Fe/c1-25(2,3)35-23(33)29-19-7-9-21(31)17(13-19)15-27-11-12-28-16-18-14-20(8-10-22(18)32)30-24(34)36-26(4,5)6;/h7-10,13-16,31-32H,11-12H2,1-6H3,(H,29,33)(H,30,34);/q;+3. The van der Waals surface area contributed by atoms with E-state index in [-0.39, 0.29) is 28.6 Å². The predicted molar refractivity (Wildman–Crippen MR) is 141 cm³/mol. The summed E-state index contributed by atoms with van der Waals surface area (Å²) >= 11 is 0. The molecule has 4 N–H and O–H groups in total. The second kappa shape index (κ2) is 13.7. The summed E-state index contributed by atoms with van der Waals surface area (Å²) in [4.78, 5) is 32.4. The molecular weight excluding hydrogens is 520 g/mol. The zero-order chi connectivity index (χ0) is 26.9. The van der Waals surface area contributed by atoms with Gasteiger partial charge in [-0.1, -0.05) is 0 Å². The number of carbonyl (C=O) groups is 2. The third-order valence-electron chi connectivity index (χ3n) is 4.16. The minimum Gasteiger partial charge on any atom is -0.507 e. The summed E-state index contributed by atoms with van der Waals surface area (Å²) in [6, 6.07) is 9.17. The summed E-state index contributed by atoms with van der Waals surface area (Å²) in [6.45, 7) is 11.2. The Morgan fingerprint density at radius 3 is 1.43 bits per heavy atom. The molecule has 2 aromatic rings. The Bertz CT molecular complexity index is 1050. The number of carbonyl (C=O) groups excluding carboxylic acids is 2. The van der Waals surface area contributed by atoms with Crippen LogP contribution < -0.4 is 10.6 Å². The van der Waals surface area contributed by atoms with Gasteiger partial charge in [0.2, 0.25) is 0 Å². The van der Waals surface area contributed by atoms with Gasteiger partial charge in [-0.2, -0.15) is 0 Å². The summed E-state index contributed by atoms with van der Waals surface area (Å²) in [7, 11) is 0.